The summed E-state index contributed by atoms with van der Waals surface area (Å²) < 4.78 is 5.36. The summed E-state index contributed by atoms with van der Waals surface area (Å²) in [7, 11) is 0. The third-order valence-corrected chi connectivity index (χ3v) is 3.72. The summed E-state index contributed by atoms with van der Waals surface area (Å²) >= 11 is 0. The molecule has 108 valence electrons. The normalized spacial score (nSPS) is 15.0. The SMILES string of the molecule is NC(=O)c1cccc(-c2ccc(N3CCOCC3)cc2)c1. The third-order valence-electron chi connectivity index (χ3n) is 3.72. The number of carbonyl (C=O) groups is 1. The Morgan fingerprint density at radius 2 is 1.71 bits per heavy atom. The minimum Gasteiger partial charge on any atom is -0.378 e. The number of hydrogen-bond donors (Lipinski definition) is 1. The van der Waals surface area contributed by atoms with Gasteiger partial charge in [-0.1, -0.05) is 24.3 Å². The molecule has 1 heterocycles. The number of ether oxygens (including phenoxy) is 1. The van der Waals surface area contributed by atoms with Crippen molar-refractivity contribution in [3.05, 3.63) is 54.1 Å². The molecule has 0 spiro atoms. The van der Waals surface area contributed by atoms with Crippen molar-refractivity contribution in [1.82, 2.24) is 0 Å². The molecule has 0 atom stereocenters. The Bertz CT molecular complexity index is 631. The minimum atomic E-state index is -0.401. The molecule has 0 radical (unpaired) electrons. The highest BCUT2D eigenvalue weighted by Crippen LogP contribution is 2.24. The molecule has 0 bridgehead atoms. The van der Waals surface area contributed by atoms with Crippen molar-refractivity contribution in [2.24, 2.45) is 5.73 Å². The van der Waals surface area contributed by atoms with Crippen molar-refractivity contribution in [1.29, 1.82) is 0 Å². The van der Waals surface area contributed by atoms with Gasteiger partial charge < -0.3 is 15.4 Å². The fourth-order valence-electron chi connectivity index (χ4n) is 2.54. The standard InChI is InChI=1S/C17H18N2O2/c18-17(20)15-3-1-2-14(12-15)13-4-6-16(7-5-13)19-8-10-21-11-9-19/h1-7,12H,8-11H2,(H2,18,20). The topological polar surface area (TPSA) is 55.6 Å². The van der Waals surface area contributed by atoms with E-state index >= 15 is 0 Å². The number of carbonyl (C=O) groups excluding carboxylic acids is 1. The Hall–Kier alpha value is -2.33. The highest BCUT2D eigenvalue weighted by molar-refractivity contribution is 5.94. The quantitative estimate of drug-likeness (QED) is 0.939. The first-order valence-corrected chi connectivity index (χ1v) is 7.07. The van der Waals surface area contributed by atoms with E-state index in [9.17, 15) is 4.79 Å². The van der Waals surface area contributed by atoms with Crippen LogP contribution in [-0.2, 0) is 4.74 Å². The van der Waals surface area contributed by atoms with Gasteiger partial charge in [-0.3, -0.25) is 4.79 Å². The third kappa shape index (κ3) is 3.06. The first kappa shape index (κ1) is 13.6. The number of morpholine rings is 1. The van der Waals surface area contributed by atoms with Gasteiger partial charge in [-0.2, -0.15) is 0 Å². The summed E-state index contributed by atoms with van der Waals surface area (Å²) in [6.45, 7) is 3.41. The van der Waals surface area contributed by atoms with Crippen LogP contribution in [0, 0.1) is 0 Å². The molecule has 4 nitrogen and oxygen atoms in total. The summed E-state index contributed by atoms with van der Waals surface area (Å²) in [5.41, 5.74) is 9.14. The van der Waals surface area contributed by atoms with Crippen molar-refractivity contribution < 1.29 is 9.53 Å². The van der Waals surface area contributed by atoms with E-state index in [2.05, 4.69) is 29.2 Å². The fourth-order valence-corrected chi connectivity index (χ4v) is 2.54. The lowest BCUT2D eigenvalue weighted by Crippen LogP contribution is -2.36. The van der Waals surface area contributed by atoms with Gasteiger partial charge in [-0.15, -0.1) is 0 Å². The van der Waals surface area contributed by atoms with Gasteiger partial charge >= 0.3 is 0 Å². The van der Waals surface area contributed by atoms with Crippen molar-refractivity contribution in [2.45, 2.75) is 0 Å². The lowest BCUT2D eigenvalue weighted by molar-refractivity contribution is 0.100. The van der Waals surface area contributed by atoms with Gasteiger partial charge in [0.05, 0.1) is 13.2 Å². The summed E-state index contributed by atoms with van der Waals surface area (Å²) in [5.74, 6) is -0.401. The first-order chi connectivity index (χ1) is 10.2. The minimum absolute atomic E-state index is 0.401. The number of nitrogens with two attached hydrogens (primary N) is 1. The first-order valence-electron chi connectivity index (χ1n) is 7.07. The average molecular weight is 282 g/mol. The molecule has 0 saturated carbocycles. The number of nitrogens with zero attached hydrogens (tertiary/aromatic N) is 1. The maximum absolute atomic E-state index is 11.2. The summed E-state index contributed by atoms with van der Waals surface area (Å²) in [6.07, 6.45) is 0. The number of rotatable bonds is 3. The molecule has 1 saturated heterocycles. The number of hydrogen-bond acceptors (Lipinski definition) is 3. The summed E-state index contributed by atoms with van der Waals surface area (Å²) in [4.78, 5) is 13.6. The number of anilines is 1. The second kappa shape index (κ2) is 5.97. The number of benzene rings is 2. The zero-order chi connectivity index (χ0) is 14.7. The maximum atomic E-state index is 11.2. The van der Waals surface area contributed by atoms with Gasteiger partial charge in [0.2, 0.25) is 5.91 Å². The van der Waals surface area contributed by atoms with E-state index in [4.69, 9.17) is 10.5 Å². The van der Waals surface area contributed by atoms with E-state index in [0.717, 1.165) is 37.4 Å². The molecular formula is C17H18N2O2. The molecule has 1 fully saturated rings. The van der Waals surface area contributed by atoms with E-state index < -0.39 is 5.91 Å². The van der Waals surface area contributed by atoms with Crippen LogP contribution in [0.1, 0.15) is 10.4 Å². The van der Waals surface area contributed by atoms with Crippen LogP contribution < -0.4 is 10.6 Å². The highest BCUT2D eigenvalue weighted by atomic mass is 16.5. The monoisotopic (exact) mass is 282 g/mol. The largest absolute Gasteiger partial charge is 0.378 e. The zero-order valence-electron chi connectivity index (χ0n) is 11.8. The van der Waals surface area contributed by atoms with E-state index in [1.807, 2.05) is 18.2 Å². The van der Waals surface area contributed by atoms with Crippen LogP contribution in [0.5, 0.6) is 0 Å². The number of amides is 1. The molecule has 21 heavy (non-hydrogen) atoms. The van der Waals surface area contributed by atoms with Crippen LogP contribution in [0.4, 0.5) is 5.69 Å². The molecule has 1 aliphatic heterocycles. The Balaban J connectivity index is 1.83. The fraction of sp³-hybridized carbons (Fsp3) is 0.235. The molecule has 0 aliphatic carbocycles. The summed E-state index contributed by atoms with van der Waals surface area (Å²) in [5, 5.41) is 0. The molecule has 2 aromatic carbocycles. The van der Waals surface area contributed by atoms with Crippen LogP contribution in [0.15, 0.2) is 48.5 Å². The number of primary amides is 1. The van der Waals surface area contributed by atoms with Crippen LogP contribution in [0.3, 0.4) is 0 Å². The molecule has 4 heteroatoms. The van der Waals surface area contributed by atoms with Gasteiger partial charge in [0.15, 0.2) is 0 Å². The van der Waals surface area contributed by atoms with Gasteiger partial charge in [0, 0.05) is 24.3 Å². The van der Waals surface area contributed by atoms with Crippen LogP contribution in [0.2, 0.25) is 0 Å². The van der Waals surface area contributed by atoms with Gasteiger partial charge in [0.25, 0.3) is 0 Å². The van der Waals surface area contributed by atoms with E-state index in [-0.39, 0.29) is 0 Å². The molecular weight excluding hydrogens is 264 g/mol. The Labute approximate surface area is 124 Å². The highest BCUT2D eigenvalue weighted by Gasteiger charge is 2.11. The molecule has 0 unspecified atom stereocenters. The van der Waals surface area contributed by atoms with Crippen LogP contribution in [0.25, 0.3) is 11.1 Å². The molecule has 1 amide bonds. The lowest BCUT2D eigenvalue weighted by atomic mass is 10.0. The Kier molecular flexibility index (Phi) is 3.88. The van der Waals surface area contributed by atoms with Crippen molar-refractivity contribution in [3.63, 3.8) is 0 Å². The van der Waals surface area contributed by atoms with Gasteiger partial charge in [0.1, 0.15) is 0 Å². The van der Waals surface area contributed by atoms with E-state index in [1.165, 1.54) is 5.69 Å². The maximum Gasteiger partial charge on any atom is 0.248 e. The molecule has 2 N–H and O–H groups in total. The second-order valence-electron chi connectivity index (χ2n) is 5.09. The lowest BCUT2D eigenvalue weighted by Gasteiger charge is -2.28. The Morgan fingerprint density at radius 1 is 1.00 bits per heavy atom. The zero-order valence-corrected chi connectivity index (χ0v) is 11.8. The van der Waals surface area contributed by atoms with E-state index in [0.29, 0.717) is 5.56 Å². The second-order valence-corrected chi connectivity index (χ2v) is 5.09. The predicted molar refractivity (Wildman–Crippen MR) is 83.4 cm³/mol. The smallest absolute Gasteiger partial charge is 0.248 e. The van der Waals surface area contributed by atoms with Crippen molar-refractivity contribution >= 4 is 11.6 Å². The summed E-state index contributed by atoms with van der Waals surface area (Å²) in [6, 6.07) is 15.8. The Morgan fingerprint density at radius 3 is 2.38 bits per heavy atom. The molecule has 3 rings (SSSR count). The van der Waals surface area contributed by atoms with E-state index in [1.54, 1.807) is 6.07 Å². The molecule has 0 aromatic heterocycles. The van der Waals surface area contributed by atoms with Crippen LogP contribution >= 0.6 is 0 Å². The average Bonchev–Trinajstić information content (AvgIpc) is 2.56. The molecule has 2 aromatic rings. The predicted octanol–water partition coefficient (Wildman–Crippen LogP) is 2.29. The van der Waals surface area contributed by atoms with Crippen molar-refractivity contribution in [3.8, 4) is 11.1 Å². The van der Waals surface area contributed by atoms with Gasteiger partial charge in [-0.25, -0.2) is 0 Å². The van der Waals surface area contributed by atoms with Crippen molar-refractivity contribution in [2.75, 3.05) is 31.2 Å². The molecule has 1 aliphatic rings. The van der Waals surface area contributed by atoms with Gasteiger partial charge in [-0.05, 0) is 35.4 Å². The van der Waals surface area contributed by atoms with Crippen LogP contribution in [-0.4, -0.2) is 32.2 Å².